The molecule has 0 aliphatic carbocycles. The summed E-state index contributed by atoms with van der Waals surface area (Å²) >= 11 is 0. The summed E-state index contributed by atoms with van der Waals surface area (Å²) in [7, 11) is -2.77. The fourth-order valence-electron chi connectivity index (χ4n) is 3.02. The van der Waals surface area contributed by atoms with Crippen molar-refractivity contribution in [2.45, 2.75) is 18.7 Å². The van der Waals surface area contributed by atoms with E-state index in [2.05, 4.69) is 5.32 Å². The molecule has 0 aliphatic heterocycles. The van der Waals surface area contributed by atoms with Gasteiger partial charge in [0, 0.05) is 5.69 Å². The van der Waals surface area contributed by atoms with Gasteiger partial charge in [0.05, 0.1) is 17.7 Å². The first-order chi connectivity index (χ1) is 14.7. The maximum absolute atomic E-state index is 13.4. The molecule has 0 unspecified atom stereocenters. The minimum absolute atomic E-state index is 0.140. The average molecular weight is 443 g/mol. The Morgan fingerprint density at radius 1 is 1.00 bits per heavy atom. The number of nitrogens with zero attached hydrogens (tertiary/aromatic N) is 1. The summed E-state index contributed by atoms with van der Waals surface area (Å²) in [5, 5.41) is 2.73. The van der Waals surface area contributed by atoms with Crippen LogP contribution in [0.25, 0.3) is 0 Å². The smallest absolute Gasteiger partial charge is 0.264 e. The van der Waals surface area contributed by atoms with Crippen molar-refractivity contribution in [2.75, 3.05) is 23.3 Å². The first kappa shape index (κ1) is 22.3. The van der Waals surface area contributed by atoms with Gasteiger partial charge in [-0.15, -0.1) is 0 Å². The molecule has 3 rings (SSSR count). The number of hydrogen-bond acceptors (Lipinski definition) is 4. The Labute approximate surface area is 181 Å². The van der Waals surface area contributed by atoms with Crippen molar-refractivity contribution in [1.29, 1.82) is 0 Å². The summed E-state index contributed by atoms with van der Waals surface area (Å²) in [5.74, 6) is -0.803. The second-order valence-corrected chi connectivity index (χ2v) is 8.85. The molecular weight excluding hydrogens is 419 g/mol. The number of carbonyl (C=O) groups excluding carboxylic acids is 1. The van der Waals surface area contributed by atoms with Crippen molar-refractivity contribution in [1.82, 2.24) is 0 Å². The Balaban J connectivity index is 1.98. The molecule has 0 aliphatic rings. The van der Waals surface area contributed by atoms with Crippen LogP contribution in [0.1, 0.15) is 11.1 Å². The molecule has 0 spiro atoms. The monoisotopic (exact) mass is 442 g/mol. The van der Waals surface area contributed by atoms with Gasteiger partial charge in [-0.1, -0.05) is 18.2 Å². The third-order valence-electron chi connectivity index (χ3n) is 4.83. The lowest BCUT2D eigenvalue weighted by Gasteiger charge is -2.25. The first-order valence-corrected chi connectivity index (χ1v) is 10.9. The van der Waals surface area contributed by atoms with Crippen LogP contribution >= 0.6 is 0 Å². The van der Waals surface area contributed by atoms with Crippen LogP contribution in [0.3, 0.4) is 0 Å². The van der Waals surface area contributed by atoms with E-state index < -0.39 is 28.3 Å². The highest BCUT2D eigenvalue weighted by Crippen LogP contribution is 2.32. The lowest BCUT2D eigenvalue weighted by Crippen LogP contribution is -2.38. The van der Waals surface area contributed by atoms with Crippen LogP contribution < -0.4 is 14.4 Å². The minimum Gasteiger partial charge on any atom is -0.495 e. The molecule has 0 bridgehead atoms. The standard InChI is InChI=1S/C23H23FN2O4S/c1-16-8-11-19(14-17(16)2)25-23(27)15-26(21-6-4-5-7-22(21)30-3)31(28,29)20-12-9-18(24)10-13-20/h4-14H,15H2,1-3H3,(H,25,27). The fraction of sp³-hybridized carbons (Fsp3) is 0.174. The van der Waals surface area contributed by atoms with E-state index in [0.717, 1.165) is 39.7 Å². The number of ether oxygens (including phenoxy) is 1. The quantitative estimate of drug-likeness (QED) is 0.592. The van der Waals surface area contributed by atoms with E-state index in [1.807, 2.05) is 26.0 Å². The molecule has 0 saturated carbocycles. The number of amides is 1. The summed E-state index contributed by atoms with van der Waals surface area (Å²) in [6.07, 6.45) is 0. The highest BCUT2D eigenvalue weighted by Gasteiger charge is 2.29. The van der Waals surface area contributed by atoms with Gasteiger partial charge in [-0.05, 0) is 73.5 Å². The van der Waals surface area contributed by atoms with Crippen molar-refractivity contribution >= 4 is 27.3 Å². The van der Waals surface area contributed by atoms with Gasteiger partial charge < -0.3 is 10.1 Å². The van der Waals surface area contributed by atoms with E-state index in [1.54, 1.807) is 30.3 Å². The van der Waals surface area contributed by atoms with Crippen LogP contribution in [0.15, 0.2) is 71.6 Å². The molecule has 1 N–H and O–H groups in total. The Hall–Kier alpha value is -3.39. The maximum Gasteiger partial charge on any atom is 0.264 e. The van der Waals surface area contributed by atoms with Crippen LogP contribution in [0.4, 0.5) is 15.8 Å². The highest BCUT2D eigenvalue weighted by molar-refractivity contribution is 7.92. The van der Waals surface area contributed by atoms with Gasteiger partial charge in [-0.2, -0.15) is 0 Å². The van der Waals surface area contributed by atoms with Crippen LogP contribution in [0, 0.1) is 19.7 Å². The Kier molecular flexibility index (Phi) is 6.60. The number of benzene rings is 3. The summed E-state index contributed by atoms with van der Waals surface area (Å²) in [6.45, 7) is 3.39. The SMILES string of the molecule is COc1ccccc1N(CC(=O)Nc1ccc(C)c(C)c1)S(=O)(=O)c1ccc(F)cc1. The molecule has 0 saturated heterocycles. The number of anilines is 2. The number of aryl methyl sites for hydroxylation is 2. The van der Waals surface area contributed by atoms with Gasteiger partial charge in [0.15, 0.2) is 0 Å². The predicted molar refractivity (Wildman–Crippen MR) is 118 cm³/mol. The molecule has 0 atom stereocenters. The fourth-order valence-corrected chi connectivity index (χ4v) is 4.45. The number of methoxy groups -OCH3 is 1. The van der Waals surface area contributed by atoms with Crippen molar-refractivity contribution in [3.05, 3.63) is 83.7 Å². The van der Waals surface area contributed by atoms with Crippen molar-refractivity contribution in [3.63, 3.8) is 0 Å². The Bertz CT molecular complexity index is 1190. The molecule has 1 amide bonds. The van der Waals surface area contributed by atoms with Crippen LogP contribution in [0.2, 0.25) is 0 Å². The molecule has 162 valence electrons. The van der Waals surface area contributed by atoms with Crippen molar-refractivity contribution in [3.8, 4) is 5.75 Å². The molecule has 0 heterocycles. The van der Waals surface area contributed by atoms with E-state index in [4.69, 9.17) is 4.74 Å². The van der Waals surface area contributed by atoms with Gasteiger partial charge in [0.2, 0.25) is 5.91 Å². The lowest BCUT2D eigenvalue weighted by molar-refractivity contribution is -0.114. The molecule has 3 aromatic carbocycles. The summed E-state index contributed by atoms with van der Waals surface area (Å²) in [4.78, 5) is 12.7. The van der Waals surface area contributed by atoms with Crippen LogP contribution in [0.5, 0.6) is 5.75 Å². The van der Waals surface area contributed by atoms with Gasteiger partial charge in [-0.3, -0.25) is 9.10 Å². The second-order valence-electron chi connectivity index (χ2n) is 6.98. The molecular formula is C23H23FN2O4S. The van der Waals surface area contributed by atoms with Crippen LogP contribution in [-0.4, -0.2) is 28.0 Å². The predicted octanol–water partition coefficient (Wildman–Crippen LogP) is 4.29. The zero-order valence-corrected chi connectivity index (χ0v) is 18.2. The Morgan fingerprint density at radius 3 is 2.32 bits per heavy atom. The molecule has 0 fully saturated rings. The number of hydrogen-bond donors (Lipinski definition) is 1. The second kappa shape index (κ2) is 9.18. The zero-order chi connectivity index (χ0) is 22.6. The third kappa shape index (κ3) is 5.03. The number of sulfonamides is 1. The maximum atomic E-state index is 13.4. The molecule has 0 aromatic heterocycles. The van der Waals surface area contributed by atoms with E-state index in [9.17, 15) is 17.6 Å². The number of para-hydroxylation sites is 2. The van der Waals surface area contributed by atoms with Gasteiger partial charge >= 0.3 is 0 Å². The zero-order valence-electron chi connectivity index (χ0n) is 17.4. The third-order valence-corrected chi connectivity index (χ3v) is 6.61. The summed E-state index contributed by atoms with van der Waals surface area (Å²) in [5.41, 5.74) is 2.84. The number of carbonyl (C=O) groups is 1. The topological polar surface area (TPSA) is 75.7 Å². The minimum atomic E-state index is -4.18. The van der Waals surface area contributed by atoms with E-state index in [-0.39, 0.29) is 16.3 Å². The Morgan fingerprint density at radius 2 is 1.68 bits per heavy atom. The molecule has 3 aromatic rings. The van der Waals surface area contributed by atoms with E-state index in [1.165, 1.54) is 7.11 Å². The highest BCUT2D eigenvalue weighted by atomic mass is 32.2. The summed E-state index contributed by atoms with van der Waals surface area (Å²) in [6, 6.07) is 16.4. The van der Waals surface area contributed by atoms with Gasteiger partial charge in [-0.25, -0.2) is 12.8 Å². The molecule has 8 heteroatoms. The van der Waals surface area contributed by atoms with Crippen molar-refractivity contribution in [2.24, 2.45) is 0 Å². The molecule has 6 nitrogen and oxygen atoms in total. The number of nitrogens with one attached hydrogen (secondary N) is 1. The normalized spacial score (nSPS) is 11.1. The molecule has 31 heavy (non-hydrogen) atoms. The average Bonchev–Trinajstić information content (AvgIpc) is 2.75. The van der Waals surface area contributed by atoms with Crippen molar-refractivity contribution < 1.29 is 22.3 Å². The van der Waals surface area contributed by atoms with E-state index >= 15 is 0 Å². The van der Waals surface area contributed by atoms with Crippen LogP contribution in [-0.2, 0) is 14.8 Å². The van der Waals surface area contributed by atoms with E-state index in [0.29, 0.717) is 5.69 Å². The largest absolute Gasteiger partial charge is 0.495 e. The number of rotatable bonds is 7. The first-order valence-electron chi connectivity index (χ1n) is 9.51. The summed E-state index contributed by atoms with van der Waals surface area (Å²) < 4.78 is 46.3. The van der Waals surface area contributed by atoms with Gasteiger partial charge in [0.25, 0.3) is 10.0 Å². The van der Waals surface area contributed by atoms with Gasteiger partial charge in [0.1, 0.15) is 18.1 Å². The lowest BCUT2D eigenvalue weighted by atomic mass is 10.1. The number of halogens is 1. The molecule has 0 radical (unpaired) electrons.